The Hall–Kier alpha value is -0.530. The average Bonchev–Trinajstić information content (AvgIpc) is 2.15. The number of rotatable bonds is 2. The zero-order valence-electron chi connectivity index (χ0n) is 9.50. The molecule has 4 aliphatic carbocycles. The van der Waals surface area contributed by atoms with E-state index in [1.54, 1.807) is 0 Å². The molecule has 4 fully saturated rings. The van der Waals surface area contributed by atoms with Crippen molar-refractivity contribution in [3.8, 4) is 0 Å². The van der Waals surface area contributed by atoms with Crippen LogP contribution in [-0.4, -0.2) is 12.6 Å². The van der Waals surface area contributed by atoms with Crippen LogP contribution >= 0.6 is 0 Å². The molecule has 4 aliphatic rings. The van der Waals surface area contributed by atoms with E-state index in [2.05, 4.69) is 0 Å². The summed E-state index contributed by atoms with van der Waals surface area (Å²) in [6.07, 6.45) is 7.53. The van der Waals surface area contributed by atoms with Crippen LogP contribution in [-0.2, 0) is 9.53 Å². The average molecular weight is 208 g/mol. The van der Waals surface area contributed by atoms with E-state index < -0.39 is 0 Å². The molecule has 0 aromatic rings. The molecule has 0 saturated heterocycles. The molecule has 0 unspecified atom stereocenters. The lowest BCUT2D eigenvalue weighted by Crippen LogP contribution is -2.50. The molecular formula is C13H20O2. The molecule has 0 spiro atoms. The van der Waals surface area contributed by atoms with Crippen LogP contribution in [0.25, 0.3) is 0 Å². The van der Waals surface area contributed by atoms with Crippen molar-refractivity contribution in [2.24, 2.45) is 23.2 Å². The highest BCUT2D eigenvalue weighted by Crippen LogP contribution is 2.60. The molecule has 0 atom stereocenters. The van der Waals surface area contributed by atoms with Gasteiger partial charge in [-0.1, -0.05) is 0 Å². The molecule has 84 valence electrons. The van der Waals surface area contributed by atoms with Gasteiger partial charge in [0.15, 0.2) is 0 Å². The van der Waals surface area contributed by atoms with Crippen LogP contribution in [0.2, 0.25) is 0 Å². The van der Waals surface area contributed by atoms with Crippen LogP contribution in [0, 0.1) is 23.2 Å². The highest BCUT2D eigenvalue weighted by molar-refractivity contribution is 5.77. The van der Waals surface area contributed by atoms with Crippen LogP contribution in [0.1, 0.15) is 45.4 Å². The number of esters is 1. The van der Waals surface area contributed by atoms with Gasteiger partial charge in [0.05, 0.1) is 12.0 Å². The van der Waals surface area contributed by atoms with Crippen molar-refractivity contribution >= 4 is 5.97 Å². The summed E-state index contributed by atoms with van der Waals surface area (Å²) in [5.74, 6) is 2.62. The van der Waals surface area contributed by atoms with Gasteiger partial charge in [-0.15, -0.1) is 0 Å². The van der Waals surface area contributed by atoms with Crippen molar-refractivity contribution in [3.63, 3.8) is 0 Å². The second kappa shape index (κ2) is 3.23. The monoisotopic (exact) mass is 208 g/mol. The van der Waals surface area contributed by atoms with Gasteiger partial charge in [0, 0.05) is 0 Å². The number of hydrogen-bond acceptors (Lipinski definition) is 2. The molecule has 0 N–H and O–H groups in total. The van der Waals surface area contributed by atoms with E-state index in [4.69, 9.17) is 4.74 Å². The van der Waals surface area contributed by atoms with Gasteiger partial charge in [0.25, 0.3) is 0 Å². The Balaban J connectivity index is 1.83. The minimum atomic E-state index is -0.0508. The standard InChI is InChI=1S/C13H20O2/c1-2-15-12(14)13-6-9-3-10(7-13)5-11(4-9)8-13/h9-11H,2-8H2,1H3. The second-order valence-electron chi connectivity index (χ2n) is 5.92. The van der Waals surface area contributed by atoms with Gasteiger partial charge >= 0.3 is 5.97 Å². The van der Waals surface area contributed by atoms with E-state index in [0.717, 1.165) is 37.0 Å². The number of ether oxygens (including phenoxy) is 1. The third kappa shape index (κ3) is 1.41. The van der Waals surface area contributed by atoms with Crippen LogP contribution in [0.3, 0.4) is 0 Å². The van der Waals surface area contributed by atoms with Crippen LogP contribution in [0.5, 0.6) is 0 Å². The number of hydrogen-bond donors (Lipinski definition) is 0. The molecular weight excluding hydrogens is 188 g/mol. The highest BCUT2D eigenvalue weighted by Gasteiger charge is 2.55. The number of carbonyl (C=O) groups excluding carboxylic acids is 1. The van der Waals surface area contributed by atoms with E-state index in [9.17, 15) is 4.79 Å². The highest BCUT2D eigenvalue weighted by atomic mass is 16.5. The third-order valence-electron chi connectivity index (χ3n) is 4.75. The lowest BCUT2D eigenvalue weighted by Gasteiger charge is -2.55. The maximum Gasteiger partial charge on any atom is 0.312 e. The quantitative estimate of drug-likeness (QED) is 0.652. The molecule has 0 radical (unpaired) electrons. The summed E-state index contributed by atoms with van der Waals surface area (Å²) in [7, 11) is 0. The maximum atomic E-state index is 12.1. The largest absolute Gasteiger partial charge is 0.466 e. The zero-order valence-corrected chi connectivity index (χ0v) is 9.50. The molecule has 15 heavy (non-hydrogen) atoms. The fraction of sp³-hybridized carbons (Fsp3) is 0.923. The van der Waals surface area contributed by atoms with Crippen molar-refractivity contribution < 1.29 is 9.53 Å². The first-order chi connectivity index (χ1) is 7.22. The summed E-state index contributed by atoms with van der Waals surface area (Å²) in [6.45, 7) is 2.46. The van der Waals surface area contributed by atoms with Gasteiger partial charge in [-0.3, -0.25) is 4.79 Å². The molecule has 4 saturated carbocycles. The minimum absolute atomic E-state index is 0.0508. The second-order valence-corrected chi connectivity index (χ2v) is 5.92. The Morgan fingerprint density at radius 3 is 2.00 bits per heavy atom. The van der Waals surface area contributed by atoms with Crippen molar-refractivity contribution in [3.05, 3.63) is 0 Å². The molecule has 2 nitrogen and oxygen atoms in total. The van der Waals surface area contributed by atoms with Gasteiger partial charge in [0.1, 0.15) is 0 Å². The molecule has 2 heteroatoms. The lowest BCUT2D eigenvalue weighted by molar-refractivity contribution is -0.171. The summed E-state index contributed by atoms with van der Waals surface area (Å²) in [4.78, 5) is 12.1. The molecule has 0 aromatic heterocycles. The molecule has 0 aromatic carbocycles. The zero-order chi connectivity index (χ0) is 10.5. The fourth-order valence-corrected chi connectivity index (χ4v) is 4.64. The molecule has 0 aliphatic heterocycles. The minimum Gasteiger partial charge on any atom is -0.466 e. The summed E-state index contributed by atoms with van der Waals surface area (Å²) >= 11 is 0. The van der Waals surface area contributed by atoms with E-state index in [0.29, 0.717) is 6.61 Å². The Labute approximate surface area is 91.4 Å². The molecule has 4 rings (SSSR count). The van der Waals surface area contributed by atoms with Crippen LogP contribution < -0.4 is 0 Å². The SMILES string of the molecule is CCOC(=O)C12CC3CC(CC(C3)C1)C2. The lowest BCUT2D eigenvalue weighted by atomic mass is 9.49. The van der Waals surface area contributed by atoms with Crippen molar-refractivity contribution in [2.75, 3.05) is 6.61 Å². The summed E-state index contributed by atoms with van der Waals surface area (Å²) < 4.78 is 5.29. The van der Waals surface area contributed by atoms with Crippen LogP contribution in [0.4, 0.5) is 0 Å². The first-order valence-corrected chi connectivity index (χ1v) is 6.39. The van der Waals surface area contributed by atoms with Gasteiger partial charge in [-0.2, -0.15) is 0 Å². The van der Waals surface area contributed by atoms with Gasteiger partial charge < -0.3 is 4.74 Å². The first kappa shape index (κ1) is 9.68. The van der Waals surface area contributed by atoms with Crippen molar-refractivity contribution in [1.82, 2.24) is 0 Å². The number of carbonyl (C=O) groups is 1. The Morgan fingerprint density at radius 1 is 1.13 bits per heavy atom. The Kier molecular flexibility index (Phi) is 2.08. The van der Waals surface area contributed by atoms with E-state index >= 15 is 0 Å². The normalized spacial score (nSPS) is 46.9. The molecule has 0 heterocycles. The smallest absolute Gasteiger partial charge is 0.312 e. The van der Waals surface area contributed by atoms with E-state index in [1.165, 1.54) is 19.3 Å². The van der Waals surface area contributed by atoms with Gasteiger partial charge in [-0.25, -0.2) is 0 Å². The molecule has 4 bridgehead atoms. The van der Waals surface area contributed by atoms with E-state index in [-0.39, 0.29) is 11.4 Å². The van der Waals surface area contributed by atoms with E-state index in [1.807, 2.05) is 6.92 Å². The summed E-state index contributed by atoms with van der Waals surface area (Å²) in [6, 6.07) is 0. The topological polar surface area (TPSA) is 26.3 Å². The van der Waals surface area contributed by atoms with Gasteiger partial charge in [-0.05, 0) is 63.2 Å². The maximum absolute atomic E-state index is 12.1. The Bertz CT molecular complexity index is 247. The summed E-state index contributed by atoms with van der Waals surface area (Å²) in [5, 5.41) is 0. The molecule has 0 amide bonds. The summed E-state index contributed by atoms with van der Waals surface area (Å²) in [5.41, 5.74) is -0.0508. The Morgan fingerprint density at radius 2 is 1.60 bits per heavy atom. The predicted molar refractivity (Wildman–Crippen MR) is 57.2 cm³/mol. The first-order valence-electron chi connectivity index (χ1n) is 6.39. The van der Waals surface area contributed by atoms with Gasteiger partial charge in [0.2, 0.25) is 0 Å². The fourth-order valence-electron chi connectivity index (χ4n) is 4.64. The van der Waals surface area contributed by atoms with Crippen molar-refractivity contribution in [1.29, 1.82) is 0 Å². The van der Waals surface area contributed by atoms with Crippen molar-refractivity contribution in [2.45, 2.75) is 45.4 Å². The third-order valence-corrected chi connectivity index (χ3v) is 4.75. The predicted octanol–water partition coefficient (Wildman–Crippen LogP) is 2.77. The van der Waals surface area contributed by atoms with Crippen LogP contribution in [0.15, 0.2) is 0 Å².